The molecule has 0 spiro atoms. The fraction of sp³-hybridized carbons (Fsp3) is 0.319. The Labute approximate surface area is 325 Å². The molecule has 0 aromatic heterocycles. The molecule has 0 radical (unpaired) electrons. The summed E-state index contributed by atoms with van der Waals surface area (Å²) in [6, 6.07) is 36.0. The minimum absolute atomic E-state index is 0.0921. The van der Waals surface area contributed by atoms with E-state index in [2.05, 4.69) is 31.7 Å². The van der Waals surface area contributed by atoms with Crippen LogP contribution in [0.25, 0.3) is 11.1 Å². The van der Waals surface area contributed by atoms with Crippen LogP contribution in [-0.4, -0.2) is 51.8 Å². The molecule has 0 bridgehead atoms. The Hall–Kier alpha value is -5.60. The van der Waals surface area contributed by atoms with E-state index in [9.17, 15) is 9.59 Å². The van der Waals surface area contributed by atoms with Crippen LogP contribution in [0.5, 0.6) is 11.5 Å². The summed E-state index contributed by atoms with van der Waals surface area (Å²) < 4.78 is 23.6. The standard InChI is InChI=1S/C47H52N2O6/c1-7-49(39-22-24-53-25-23-39)43-27-37(26-41(33(43)4)47(51)52-6)36-18-20-38(21-19-36)48(5)46(50)42-28-40(32(2)3)44(54-30-34-14-10-8-11-15-34)29-45(42)55-31-35-16-12-9-13-17-35/h8-21,26-29,32,39H,7,22-25,30-31H2,1-6H3. The lowest BCUT2D eigenvalue weighted by molar-refractivity contribution is 0.0599. The number of hydrogen-bond acceptors (Lipinski definition) is 7. The molecule has 5 aromatic carbocycles. The van der Waals surface area contributed by atoms with Gasteiger partial charge in [-0.2, -0.15) is 0 Å². The van der Waals surface area contributed by atoms with Gasteiger partial charge in [-0.15, -0.1) is 0 Å². The zero-order valence-electron chi connectivity index (χ0n) is 32.8. The van der Waals surface area contributed by atoms with Crippen LogP contribution < -0.4 is 19.3 Å². The molecule has 55 heavy (non-hydrogen) atoms. The number of carbonyl (C=O) groups is 2. The van der Waals surface area contributed by atoms with Crippen molar-refractivity contribution in [1.29, 1.82) is 0 Å². The van der Waals surface area contributed by atoms with Crippen LogP contribution in [0.3, 0.4) is 0 Å². The predicted octanol–water partition coefficient (Wildman–Crippen LogP) is 10.0. The fourth-order valence-electron chi connectivity index (χ4n) is 7.19. The number of rotatable bonds is 14. The van der Waals surface area contributed by atoms with Gasteiger partial charge in [-0.05, 0) is 96.3 Å². The second kappa shape index (κ2) is 18.2. The normalized spacial score (nSPS) is 13.0. The maximum absolute atomic E-state index is 14.4. The number of carbonyl (C=O) groups excluding carboxylic acids is 2. The Morgan fingerprint density at radius 3 is 1.93 bits per heavy atom. The smallest absolute Gasteiger partial charge is 0.338 e. The molecular weight excluding hydrogens is 689 g/mol. The van der Waals surface area contributed by atoms with Crippen molar-refractivity contribution in [2.24, 2.45) is 0 Å². The summed E-state index contributed by atoms with van der Waals surface area (Å²) in [6.07, 6.45) is 1.86. The van der Waals surface area contributed by atoms with Crippen LogP contribution in [0.4, 0.5) is 11.4 Å². The van der Waals surface area contributed by atoms with Gasteiger partial charge in [-0.3, -0.25) is 4.79 Å². The third-order valence-corrected chi connectivity index (χ3v) is 10.4. The highest BCUT2D eigenvalue weighted by atomic mass is 16.5. The van der Waals surface area contributed by atoms with Crippen molar-refractivity contribution in [3.63, 3.8) is 0 Å². The lowest BCUT2D eigenvalue weighted by atomic mass is 9.95. The van der Waals surface area contributed by atoms with Gasteiger partial charge >= 0.3 is 5.97 Å². The lowest BCUT2D eigenvalue weighted by Crippen LogP contribution is -2.40. The molecule has 0 aliphatic carbocycles. The average Bonchev–Trinajstić information content (AvgIpc) is 3.23. The summed E-state index contributed by atoms with van der Waals surface area (Å²) in [5.41, 5.74) is 8.42. The fourth-order valence-corrected chi connectivity index (χ4v) is 7.19. The van der Waals surface area contributed by atoms with E-state index in [1.807, 2.05) is 110 Å². The van der Waals surface area contributed by atoms with Crippen molar-refractivity contribution in [1.82, 2.24) is 0 Å². The first-order chi connectivity index (χ1) is 26.7. The number of anilines is 2. The van der Waals surface area contributed by atoms with Crippen LogP contribution in [-0.2, 0) is 22.7 Å². The lowest BCUT2D eigenvalue weighted by Gasteiger charge is -2.37. The summed E-state index contributed by atoms with van der Waals surface area (Å²) in [6.45, 7) is 11.3. The van der Waals surface area contributed by atoms with Gasteiger partial charge in [-0.1, -0.05) is 86.6 Å². The van der Waals surface area contributed by atoms with Gasteiger partial charge in [0.15, 0.2) is 0 Å². The van der Waals surface area contributed by atoms with E-state index in [1.165, 1.54) is 7.11 Å². The Kier molecular flexibility index (Phi) is 12.9. The predicted molar refractivity (Wildman–Crippen MR) is 220 cm³/mol. The van der Waals surface area contributed by atoms with Crippen LogP contribution in [0.2, 0.25) is 0 Å². The van der Waals surface area contributed by atoms with E-state index in [-0.39, 0.29) is 17.8 Å². The minimum Gasteiger partial charge on any atom is -0.488 e. The molecule has 1 amide bonds. The van der Waals surface area contributed by atoms with E-state index in [0.717, 1.165) is 77.4 Å². The molecule has 1 aliphatic rings. The Morgan fingerprint density at radius 2 is 1.36 bits per heavy atom. The number of ether oxygens (including phenoxy) is 4. The van der Waals surface area contributed by atoms with Crippen molar-refractivity contribution in [3.8, 4) is 22.6 Å². The summed E-state index contributed by atoms with van der Waals surface area (Å²) in [4.78, 5) is 31.5. The SMILES string of the molecule is CCN(c1cc(-c2ccc(N(C)C(=O)c3cc(C(C)C)c(OCc4ccccc4)cc3OCc3ccccc3)cc2)cc(C(=O)OC)c1C)C1CCOCC1. The van der Waals surface area contributed by atoms with Gasteiger partial charge in [0.05, 0.1) is 18.2 Å². The molecular formula is C47H52N2O6. The number of methoxy groups -OCH3 is 1. The molecule has 6 rings (SSSR count). The third-order valence-electron chi connectivity index (χ3n) is 10.4. The first kappa shape index (κ1) is 39.1. The van der Waals surface area contributed by atoms with Gasteiger partial charge in [0.1, 0.15) is 24.7 Å². The Bertz CT molecular complexity index is 2060. The highest BCUT2D eigenvalue weighted by molar-refractivity contribution is 6.08. The summed E-state index contributed by atoms with van der Waals surface area (Å²) in [7, 11) is 3.19. The Morgan fingerprint density at radius 1 is 0.764 bits per heavy atom. The van der Waals surface area contributed by atoms with E-state index in [4.69, 9.17) is 18.9 Å². The van der Waals surface area contributed by atoms with Crippen LogP contribution >= 0.6 is 0 Å². The number of nitrogens with zero attached hydrogens (tertiary/aromatic N) is 2. The molecule has 8 heteroatoms. The summed E-state index contributed by atoms with van der Waals surface area (Å²) in [5.74, 6) is 0.667. The van der Waals surface area contributed by atoms with Gasteiger partial charge < -0.3 is 28.7 Å². The zero-order valence-corrected chi connectivity index (χ0v) is 32.8. The Balaban J connectivity index is 1.31. The summed E-state index contributed by atoms with van der Waals surface area (Å²) >= 11 is 0. The minimum atomic E-state index is -0.367. The molecule has 1 aliphatic heterocycles. The van der Waals surface area contributed by atoms with Gasteiger partial charge in [0.2, 0.25) is 0 Å². The molecule has 8 nitrogen and oxygen atoms in total. The van der Waals surface area contributed by atoms with Crippen molar-refractivity contribution < 1.29 is 28.5 Å². The third kappa shape index (κ3) is 9.20. The highest BCUT2D eigenvalue weighted by Crippen LogP contribution is 2.38. The monoisotopic (exact) mass is 740 g/mol. The quantitative estimate of drug-likeness (QED) is 0.105. The van der Waals surface area contributed by atoms with Crippen LogP contribution in [0.1, 0.15) is 82.5 Å². The first-order valence-electron chi connectivity index (χ1n) is 19.2. The molecule has 286 valence electrons. The molecule has 1 saturated heterocycles. The maximum Gasteiger partial charge on any atom is 0.338 e. The van der Waals surface area contributed by atoms with Crippen molar-refractivity contribution in [3.05, 3.63) is 143 Å². The number of amides is 1. The topological polar surface area (TPSA) is 77.5 Å². The number of esters is 1. The molecule has 0 unspecified atom stereocenters. The second-order valence-electron chi connectivity index (χ2n) is 14.3. The maximum atomic E-state index is 14.4. The van der Waals surface area contributed by atoms with E-state index in [1.54, 1.807) is 11.9 Å². The second-order valence-corrected chi connectivity index (χ2v) is 14.3. The van der Waals surface area contributed by atoms with Crippen molar-refractivity contribution in [2.75, 3.05) is 43.7 Å². The number of benzene rings is 5. The van der Waals surface area contributed by atoms with Gasteiger partial charge in [0, 0.05) is 50.3 Å². The molecule has 0 atom stereocenters. The molecule has 1 fully saturated rings. The zero-order chi connectivity index (χ0) is 38.9. The van der Waals surface area contributed by atoms with Crippen molar-refractivity contribution in [2.45, 2.75) is 65.7 Å². The molecule has 5 aromatic rings. The first-order valence-corrected chi connectivity index (χ1v) is 19.2. The van der Waals surface area contributed by atoms with Gasteiger partial charge in [0.25, 0.3) is 5.91 Å². The summed E-state index contributed by atoms with van der Waals surface area (Å²) in [5, 5.41) is 0. The molecule has 0 saturated carbocycles. The van der Waals surface area contributed by atoms with Crippen LogP contribution in [0.15, 0.2) is 109 Å². The van der Waals surface area contributed by atoms with E-state index < -0.39 is 0 Å². The highest BCUT2D eigenvalue weighted by Gasteiger charge is 2.26. The van der Waals surface area contributed by atoms with Crippen molar-refractivity contribution >= 4 is 23.3 Å². The van der Waals surface area contributed by atoms with E-state index >= 15 is 0 Å². The number of hydrogen-bond donors (Lipinski definition) is 0. The van der Waals surface area contributed by atoms with Crippen LogP contribution in [0, 0.1) is 6.92 Å². The average molecular weight is 741 g/mol. The molecule has 0 N–H and O–H groups in total. The largest absolute Gasteiger partial charge is 0.488 e. The van der Waals surface area contributed by atoms with E-state index in [0.29, 0.717) is 41.9 Å². The molecule has 1 heterocycles. The van der Waals surface area contributed by atoms with Gasteiger partial charge in [-0.25, -0.2) is 4.79 Å².